The van der Waals surface area contributed by atoms with Gasteiger partial charge in [-0.1, -0.05) is 24.3 Å². The van der Waals surface area contributed by atoms with Crippen LogP contribution in [0.3, 0.4) is 0 Å². The number of anilines is 1. The molecule has 1 unspecified atom stereocenters. The van der Waals surface area contributed by atoms with Gasteiger partial charge < -0.3 is 19.3 Å². The summed E-state index contributed by atoms with van der Waals surface area (Å²) in [5, 5.41) is 0. The number of rotatable bonds is 5. The molecule has 1 aliphatic heterocycles. The smallest absolute Gasteiger partial charge is 0.265 e. The lowest BCUT2D eigenvalue weighted by Crippen LogP contribution is -2.51. The van der Waals surface area contributed by atoms with Crippen LogP contribution in [0.15, 0.2) is 48.5 Å². The molecule has 0 aliphatic carbocycles. The van der Waals surface area contributed by atoms with Gasteiger partial charge in [0.05, 0.1) is 18.8 Å². The Kier molecular flexibility index (Phi) is 5.64. The molecule has 0 saturated heterocycles. The van der Waals surface area contributed by atoms with E-state index >= 15 is 0 Å². The van der Waals surface area contributed by atoms with Crippen molar-refractivity contribution in [2.75, 3.05) is 31.6 Å². The maximum atomic E-state index is 12.8. The highest BCUT2D eigenvalue weighted by atomic mass is 16.5. The first-order chi connectivity index (χ1) is 13.0. The summed E-state index contributed by atoms with van der Waals surface area (Å²) in [6.45, 7) is 4.50. The molecule has 1 heterocycles. The second-order valence-electron chi connectivity index (χ2n) is 6.63. The number of para-hydroxylation sites is 2. The van der Waals surface area contributed by atoms with E-state index in [9.17, 15) is 9.59 Å². The van der Waals surface area contributed by atoms with E-state index in [0.29, 0.717) is 24.6 Å². The van der Waals surface area contributed by atoms with Crippen LogP contribution in [0.2, 0.25) is 0 Å². The summed E-state index contributed by atoms with van der Waals surface area (Å²) >= 11 is 0. The molecule has 3 rings (SSSR count). The lowest BCUT2D eigenvalue weighted by Gasteiger charge is -2.35. The minimum absolute atomic E-state index is 0.117. The van der Waals surface area contributed by atoms with Gasteiger partial charge in [-0.3, -0.25) is 9.59 Å². The molecular formula is C21H24N2O4. The van der Waals surface area contributed by atoms with Gasteiger partial charge in [-0.05, 0) is 36.8 Å². The fourth-order valence-corrected chi connectivity index (χ4v) is 3.02. The van der Waals surface area contributed by atoms with Crippen molar-refractivity contribution >= 4 is 17.5 Å². The monoisotopic (exact) mass is 368 g/mol. The van der Waals surface area contributed by atoms with Gasteiger partial charge in [0.25, 0.3) is 5.91 Å². The minimum Gasteiger partial charge on any atom is -0.492 e. The van der Waals surface area contributed by atoms with Crippen LogP contribution in [0, 0.1) is 6.92 Å². The van der Waals surface area contributed by atoms with E-state index in [1.54, 1.807) is 22.9 Å². The van der Waals surface area contributed by atoms with Crippen LogP contribution in [0.1, 0.15) is 12.5 Å². The Hall–Kier alpha value is -3.02. The van der Waals surface area contributed by atoms with Crippen molar-refractivity contribution in [1.29, 1.82) is 0 Å². The summed E-state index contributed by atoms with van der Waals surface area (Å²) in [5.74, 6) is 1.03. The van der Waals surface area contributed by atoms with Gasteiger partial charge in [0, 0.05) is 14.0 Å². The molecule has 0 fully saturated rings. The number of hydrogen-bond acceptors (Lipinski definition) is 4. The van der Waals surface area contributed by atoms with Gasteiger partial charge in [-0.25, -0.2) is 0 Å². The van der Waals surface area contributed by atoms with Crippen LogP contribution < -0.4 is 14.4 Å². The van der Waals surface area contributed by atoms with Crippen LogP contribution in [-0.4, -0.2) is 49.6 Å². The summed E-state index contributed by atoms with van der Waals surface area (Å²) in [5.41, 5.74) is 1.81. The van der Waals surface area contributed by atoms with Crippen molar-refractivity contribution < 1.29 is 19.1 Å². The number of carbonyl (C=O) groups is 2. The minimum atomic E-state index is -0.729. The van der Waals surface area contributed by atoms with Gasteiger partial charge in [0.2, 0.25) is 5.91 Å². The Morgan fingerprint density at radius 3 is 2.74 bits per heavy atom. The van der Waals surface area contributed by atoms with Crippen LogP contribution in [0.25, 0.3) is 0 Å². The highest BCUT2D eigenvalue weighted by Crippen LogP contribution is 2.33. The van der Waals surface area contributed by atoms with Crippen molar-refractivity contribution in [3.8, 4) is 11.5 Å². The second kappa shape index (κ2) is 8.12. The van der Waals surface area contributed by atoms with Crippen molar-refractivity contribution in [2.24, 2.45) is 0 Å². The fraction of sp³-hybridized carbons (Fsp3) is 0.333. The van der Waals surface area contributed by atoms with Crippen LogP contribution in [0.5, 0.6) is 11.5 Å². The molecule has 0 radical (unpaired) electrons. The number of aryl methyl sites for hydroxylation is 1. The standard InChI is InChI=1S/C21H24N2O4/c1-15-7-6-8-17(13-15)26-12-11-22(3)21(25)20-14-23(16(2)24)18-9-4-5-10-19(18)27-20/h4-10,13,20H,11-12,14H2,1-3H3. The van der Waals surface area contributed by atoms with Crippen LogP contribution in [-0.2, 0) is 9.59 Å². The maximum absolute atomic E-state index is 12.8. The van der Waals surface area contributed by atoms with Gasteiger partial charge in [0.15, 0.2) is 6.10 Å². The molecule has 0 bridgehead atoms. The number of carbonyl (C=O) groups excluding carboxylic acids is 2. The topological polar surface area (TPSA) is 59.1 Å². The summed E-state index contributed by atoms with van der Waals surface area (Å²) < 4.78 is 11.6. The predicted molar refractivity (Wildman–Crippen MR) is 103 cm³/mol. The molecule has 1 atom stereocenters. The molecule has 1 aliphatic rings. The predicted octanol–water partition coefficient (Wildman–Crippen LogP) is 2.65. The highest BCUT2D eigenvalue weighted by molar-refractivity contribution is 5.95. The lowest BCUT2D eigenvalue weighted by atomic mass is 10.1. The van der Waals surface area contributed by atoms with Gasteiger partial charge >= 0.3 is 0 Å². The fourth-order valence-electron chi connectivity index (χ4n) is 3.02. The molecule has 2 amide bonds. The zero-order valence-corrected chi connectivity index (χ0v) is 15.8. The van der Waals surface area contributed by atoms with Crippen LogP contribution in [0.4, 0.5) is 5.69 Å². The number of nitrogens with zero attached hydrogens (tertiary/aromatic N) is 2. The van der Waals surface area contributed by atoms with E-state index < -0.39 is 6.10 Å². The Bertz CT molecular complexity index is 836. The van der Waals surface area contributed by atoms with Crippen molar-refractivity contribution in [3.05, 3.63) is 54.1 Å². The first-order valence-electron chi connectivity index (χ1n) is 8.94. The van der Waals surface area contributed by atoms with Gasteiger partial charge in [-0.2, -0.15) is 0 Å². The third-order valence-corrected chi connectivity index (χ3v) is 4.49. The maximum Gasteiger partial charge on any atom is 0.265 e. The molecule has 0 saturated carbocycles. The average molecular weight is 368 g/mol. The Balaban J connectivity index is 1.60. The number of likely N-dealkylation sites (N-methyl/N-ethyl adjacent to an activating group) is 1. The summed E-state index contributed by atoms with van der Waals surface area (Å²) in [4.78, 5) is 27.9. The molecule has 6 nitrogen and oxygen atoms in total. The zero-order chi connectivity index (χ0) is 19.4. The van der Waals surface area contributed by atoms with Gasteiger partial charge in [0.1, 0.15) is 18.1 Å². The number of benzene rings is 2. The molecule has 2 aromatic rings. The highest BCUT2D eigenvalue weighted by Gasteiger charge is 2.33. The molecule has 27 heavy (non-hydrogen) atoms. The largest absolute Gasteiger partial charge is 0.492 e. The van der Waals surface area contributed by atoms with Crippen molar-refractivity contribution in [1.82, 2.24) is 4.90 Å². The SMILES string of the molecule is CC(=O)N1CC(C(=O)N(C)CCOc2cccc(C)c2)Oc2ccccc21. The number of amides is 2. The normalized spacial score (nSPS) is 15.5. The Morgan fingerprint density at radius 1 is 1.22 bits per heavy atom. The average Bonchev–Trinajstić information content (AvgIpc) is 2.66. The Morgan fingerprint density at radius 2 is 2.00 bits per heavy atom. The van der Waals surface area contributed by atoms with E-state index in [1.165, 1.54) is 6.92 Å². The summed E-state index contributed by atoms with van der Waals surface area (Å²) in [6, 6.07) is 15.0. The molecule has 0 aromatic heterocycles. The number of hydrogen-bond donors (Lipinski definition) is 0. The lowest BCUT2D eigenvalue weighted by molar-refractivity contribution is -0.137. The first kappa shape index (κ1) is 18.8. The third-order valence-electron chi connectivity index (χ3n) is 4.49. The molecule has 142 valence electrons. The Labute approximate surface area is 159 Å². The van der Waals surface area contributed by atoms with Gasteiger partial charge in [-0.15, -0.1) is 0 Å². The van der Waals surface area contributed by atoms with Crippen LogP contribution >= 0.6 is 0 Å². The number of ether oxygens (including phenoxy) is 2. The number of fused-ring (bicyclic) bond motifs is 1. The quantitative estimate of drug-likeness (QED) is 0.814. The molecule has 0 spiro atoms. The van der Waals surface area contributed by atoms with Crippen molar-refractivity contribution in [2.45, 2.75) is 20.0 Å². The molecular weight excluding hydrogens is 344 g/mol. The first-order valence-corrected chi connectivity index (χ1v) is 8.94. The molecule has 2 aromatic carbocycles. The van der Waals surface area contributed by atoms with Crippen molar-refractivity contribution in [3.63, 3.8) is 0 Å². The summed E-state index contributed by atoms with van der Waals surface area (Å²) in [6.07, 6.45) is -0.729. The molecule has 6 heteroatoms. The summed E-state index contributed by atoms with van der Waals surface area (Å²) in [7, 11) is 1.71. The van der Waals surface area contributed by atoms with E-state index in [0.717, 1.165) is 11.3 Å². The second-order valence-corrected chi connectivity index (χ2v) is 6.63. The zero-order valence-electron chi connectivity index (χ0n) is 15.8. The van der Waals surface area contributed by atoms with E-state index in [2.05, 4.69) is 0 Å². The van der Waals surface area contributed by atoms with E-state index in [1.807, 2.05) is 49.4 Å². The third kappa shape index (κ3) is 4.39. The molecule has 0 N–H and O–H groups in total. The van der Waals surface area contributed by atoms with E-state index in [4.69, 9.17) is 9.47 Å². The van der Waals surface area contributed by atoms with E-state index in [-0.39, 0.29) is 18.4 Å².